The fourth-order valence-electron chi connectivity index (χ4n) is 1.63. The molecule has 0 saturated heterocycles. The van der Waals surface area contributed by atoms with E-state index in [1.807, 2.05) is 6.07 Å². The summed E-state index contributed by atoms with van der Waals surface area (Å²) in [5.41, 5.74) is 1.60. The Morgan fingerprint density at radius 1 is 1.47 bits per heavy atom. The van der Waals surface area contributed by atoms with Crippen molar-refractivity contribution in [1.29, 1.82) is 5.26 Å². The van der Waals surface area contributed by atoms with Gasteiger partial charge < -0.3 is 5.11 Å². The Hall–Kier alpha value is -1.08. The molecule has 0 unspecified atom stereocenters. The van der Waals surface area contributed by atoms with Gasteiger partial charge in [0.05, 0.1) is 11.6 Å². The highest BCUT2D eigenvalue weighted by Gasteiger charge is 2.07. The Kier molecular flexibility index (Phi) is 5.99. The van der Waals surface area contributed by atoms with E-state index in [1.54, 1.807) is 12.1 Å². The number of rotatable bonds is 6. The molecule has 0 fully saturated rings. The van der Waals surface area contributed by atoms with Crippen LogP contribution >= 0.6 is 11.6 Å². The number of aliphatic hydroxyl groups is 1. The fraction of sp³-hybridized carbons (Fsp3) is 0.462. The molecular weight excluding hydrogens is 236 g/mol. The molecule has 0 aliphatic rings. The first-order chi connectivity index (χ1) is 8.21. The number of hydrogen-bond acceptors (Lipinski definition) is 3. The minimum Gasteiger partial charge on any atom is -0.396 e. The van der Waals surface area contributed by atoms with Gasteiger partial charge in [-0.3, -0.25) is 4.90 Å². The second-order valence-electron chi connectivity index (χ2n) is 3.86. The van der Waals surface area contributed by atoms with Gasteiger partial charge in [-0.25, -0.2) is 0 Å². The van der Waals surface area contributed by atoms with Crippen LogP contribution < -0.4 is 0 Å². The number of benzene rings is 1. The van der Waals surface area contributed by atoms with E-state index in [4.69, 9.17) is 22.0 Å². The number of aliphatic hydroxyl groups excluding tert-OH is 1. The molecule has 0 heterocycles. The molecule has 0 saturated carbocycles. The van der Waals surface area contributed by atoms with E-state index in [9.17, 15) is 0 Å². The van der Waals surface area contributed by atoms with Gasteiger partial charge in [-0.05, 0) is 30.7 Å². The Morgan fingerprint density at radius 2 is 2.24 bits per heavy atom. The first-order valence-corrected chi connectivity index (χ1v) is 6.10. The van der Waals surface area contributed by atoms with Crippen LogP contribution in [-0.2, 0) is 6.54 Å². The van der Waals surface area contributed by atoms with Gasteiger partial charge in [-0.1, -0.05) is 24.6 Å². The molecule has 17 heavy (non-hydrogen) atoms. The molecule has 0 bridgehead atoms. The number of halogens is 1. The monoisotopic (exact) mass is 252 g/mol. The van der Waals surface area contributed by atoms with Gasteiger partial charge in [0.15, 0.2) is 0 Å². The smallest absolute Gasteiger partial charge is 0.0992 e. The molecule has 0 atom stereocenters. The quantitative estimate of drug-likeness (QED) is 0.846. The molecule has 1 aromatic rings. The van der Waals surface area contributed by atoms with E-state index in [0.29, 0.717) is 10.6 Å². The third-order valence-electron chi connectivity index (χ3n) is 2.66. The maximum atomic E-state index is 8.81. The zero-order valence-corrected chi connectivity index (χ0v) is 10.7. The minimum absolute atomic E-state index is 0.206. The van der Waals surface area contributed by atoms with Gasteiger partial charge in [0, 0.05) is 24.7 Å². The van der Waals surface area contributed by atoms with E-state index in [-0.39, 0.29) is 6.61 Å². The highest BCUT2D eigenvalue weighted by Crippen LogP contribution is 2.19. The maximum Gasteiger partial charge on any atom is 0.0992 e. The van der Waals surface area contributed by atoms with Crippen LogP contribution in [0.25, 0.3) is 0 Å². The SMILES string of the molecule is CCN(CCCO)Cc1ccc(C#N)cc1Cl. The van der Waals surface area contributed by atoms with Crippen molar-refractivity contribution in [3.63, 3.8) is 0 Å². The van der Waals surface area contributed by atoms with Crippen molar-refractivity contribution in [3.05, 3.63) is 34.3 Å². The van der Waals surface area contributed by atoms with Crippen LogP contribution in [0.3, 0.4) is 0 Å². The average molecular weight is 253 g/mol. The number of nitrogens with zero attached hydrogens (tertiary/aromatic N) is 2. The van der Waals surface area contributed by atoms with E-state index in [2.05, 4.69) is 17.9 Å². The first kappa shape index (κ1) is 14.0. The lowest BCUT2D eigenvalue weighted by atomic mass is 10.1. The van der Waals surface area contributed by atoms with E-state index >= 15 is 0 Å². The summed E-state index contributed by atoms with van der Waals surface area (Å²) in [6.45, 7) is 4.80. The molecule has 0 aliphatic heterocycles. The summed E-state index contributed by atoms with van der Waals surface area (Å²) in [7, 11) is 0. The molecule has 0 aromatic heterocycles. The second kappa shape index (κ2) is 7.29. The van der Waals surface area contributed by atoms with Crippen LogP contribution in [0.2, 0.25) is 5.02 Å². The Balaban J connectivity index is 2.69. The zero-order valence-electron chi connectivity index (χ0n) is 9.99. The van der Waals surface area contributed by atoms with Crippen LogP contribution in [0.5, 0.6) is 0 Å². The summed E-state index contributed by atoms with van der Waals surface area (Å²) < 4.78 is 0. The van der Waals surface area contributed by atoms with Crippen molar-refractivity contribution in [2.45, 2.75) is 19.9 Å². The molecule has 4 heteroatoms. The van der Waals surface area contributed by atoms with Crippen molar-refractivity contribution in [1.82, 2.24) is 4.90 Å². The van der Waals surface area contributed by atoms with Gasteiger partial charge in [0.25, 0.3) is 0 Å². The first-order valence-electron chi connectivity index (χ1n) is 5.73. The lowest BCUT2D eigenvalue weighted by Gasteiger charge is -2.20. The fourth-order valence-corrected chi connectivity index (χ4v) is 1.87. The summed E-state index contributed by atoms with van der Waals surface area (Å²) in [6.07, 6.45) is 0.766. The van der Waals surface area contributed by atoms with E-state index in [1.165, 1.54) is 0 Å². The van der Waals surface area contributed by atoms with Crippen molar-refractivity contribution >= 4 is 11.6 Å². The molecule has 1 N–H and O–H groups in total. The molecule has 0 aliphatic carbocycles. The van der Waals surface area contributed by atoms with Crippen molar-refractivity contribution in [3.8, 4) is 6.07 Å². The Bertz CT molecular complexity index is 401. The van der Waals surface area contributed by atoms with Crippen LogP contribution in [0.4, 0.5) is 0 Å². The van der Waals surface area contributed by atoms with Crippen LogP contribution in [0.15, 0.2) is 18.2 Å². The normalized spacial score (nSPS) is 10.5. The maximum absolute atomic E-state index is 8.81. The minimum atomic E-state index is 0.206. The van der Waals surface area contributed by atoms with Crippen molar-refractivity contribution in [2.75, 3.05) is 19.7 Å². The zero-order chi connectivity index (χ0) is 12.7. The molecule has 3 nitrogen and oxygen atoms in total. The molecule has 92 valence electrons. The third kappa shape index (κ3) is 4.35. The summed E-state index contributed by atoms with van der Waals surface area (Å²) in [5.74, 6) is 0. The molecular formula is C13H17ClN2O. The Labute approximate surface area is 107 Å². The van der Waals surface area contributed by atoms with Gasteiger partial charge >= 0.3 is 0 Å². The number of hydrogen-bond donors (Lipinski definition) is 1. The largest absolute Gasteiger partial charge is 0.396 e. The molecule has 1 rings (SSSR count). The summed E-state index contributed by atoms with van der Waals surface area (Å²) in [5, 5.41) is 18.2. The highest BCUT2D eigenvalue weighted by atomic mass is 35.5. The second-order valence-corrected chi connectivity index (χ2v) is 4.27. The van der Waals surface area contributed by atoms with Gasteiger partial charge in [-0.15, -0.1) is 0 Å². The van der Waals surface area contributed by atoms with Crippen LogP contribution in [0, 0.1) is 11.3 Å². The summed E-state index contributed by atoms with van der Waals surface area (Å²) >= 11 is 6.12. The summed E-state index contributed by atoms with van der Waals surface area (Å²) in [6, 6.07) is 7.43. The standard InChI is InChI=1S/C13H17ClN2O/c1-2-16(6-3-7-17)10-12-5-4-11(9-15)8-13(12)14/h4-5,8,17H,2-3,6-7,10H2,1H3. The van der Waals surface area contributed by atoms with Gasteiger partial charge in [-0.2, -0.15) is 5.26 Å². The predicted octanol–water partition coefficient (Wildman–Crippen LogP) is 2.42. The topological polar surface area (TPSA) is 47.3 Å². The lowest BCUT2D eigenvalue weighted by molar-refractivity contribution is 0.225. The molecule has 0 radical (unpaired) electrons. The predicted molar refractivity (Wildman–Crippen MR) is 68.8 cm³/mol. The molecule has 1 aromatic carbocycles. The van der Waals surface area contributed by atoms with E-state index in [0.717, 1.165) is 31.6 Å². The lowest BCUT2D eigenvalue weighted by Crippen LogP contribution is -2.24. The number of nitriles is 1. The van der Waals surface area contributed by atoms with Crippen LogP contribution in [0.1, 0.15) is 24.5 Å². The molecule has 0 spiro atoms. The van der Waals surface area contributed by atoms with Gasteiger partial charge in [0.1, 0.15) is 0 Å². The van der Waals surface area contributed by atoms with Gasteiger partial charge in [0.2, 0.25) is 0 Å². The average Bonchev–Trinajstić information content (AvgIpc) is 2.36. The van der Waals surface area contributed by atoms with Crippen LogP contribution in [-0.4, -0.2) is 29.7 Å². The Morgan fingerprint density at radius 3 is 2.76 bits per heavy atom. The van der Waals surface area contributed by atoms with E-state index < -0.39 is 0 Å². The van der Waals surface area contributed by atoms with Crippen molar-refractivity contribution < 1.29 is 5.11 Å². The van der Waals surface area contributed by atoms with Crippen molar-refractivity contribution in [2.24, 2.45) is 0 Å². The highest BCUT2D eigenvalue weighted by molar-refractivity contribution is 6.31. The summed E-state index contributed by atoms with van der Waals surface area (Å²) in [4.78, 5) is 2.21. The third-order valence-corrected chi connectivity index (χ3v) is 3.01. The molecule has 0 amide bonds.